The van der Waals surface area contributed by atoms with Crippen LogP contribution in [0.5, 0.6) is 0 Å². The SMILES string of the molecule is Cn1nnc2c3cc(C(N)=O)ccc3n(C3CCC(C(F)(F)F)CC3)c21. The molecule has 0 aliphatic heterocycles. The van der Waals surface area contributed by atoms with E-state index in [9.17, 15) is 18.0 Å². The van der Waals surface area contributed by atoms with Crippen LogP contribution in [0.2, 0.25) is 0 Å². The van der Waals surface area contributed by atoms with Crippen LogP contribution in [-0.4, -0.2) is 31.6 Å². The van der Waals surface area contributed by atoms with Gasteiger partial charge in [0, 0.05) is 24.0 Å². The zero-order chi connectivity index (χ0) is 18.6. The molecule has 1 aliphatic carbocycles. The molecule has 3 aromatic rings. The first-order valence-electron chi connectivity index (χ1n) is 8.47. The number of fused-ring (bicyclic) bond motifs is 3. The Bertz CT molecular complexity index is 995. The summed E-state index contributed by atoms with van der Waals surface area (Å²) in [5, 5.41) is 8.95. The fraction of sp³-hybridized carbons (Fsp3) is 0.471. The molecular weight excluding hydrogens is 347 g/mol. The molecule has 9 heteroatoms. The number of halogens is 3. The Hall–Kier alpha value is -2.58. The normalized spacial score (nSPS) is 21.5. The molecule has 0 spiro atoms. The topological polar surface area (TPSA) is 78.7 Å². The number of primary amides is 1. The molecule has 1 amide bonds. The minimum absolute atomic E-state index is 0.0646. The van der Waals surface area contributed by atoms with Crippen LogP contribution in [0.4, 0.5) is 13.2 Å². The Labute approximate surface area is 146 Å². The predicted molar refractivity (Wildman–Crippen MR) is 89.6 cm³/mol. The highest BCUT2D eigenvalue weighted by molar-refractivity contribution is 6.07. The van der Waals surface area contributed by atoms with Gasteiger partial charge < -0.3 is 10.3 Å². The molecule has 1 saturated carbocycles. The number of carbonyl (C=O) groups is 1. The molecule has 0 unspecified atom stereocenters. The van der Waals surface area contributed by atoms with Gasteiger partial charge >= 0.3 is 6.18 Å². The van der Waals surface area contributed by atoms with Gasteiger partial charge in [0.1, 0.15) is 5.52 Å². The van der Waals surface area contributed by atoms with Crippen LogP contribution < -0.4 is 5.73 Å². The zero-order valence-electron chi connectivity index (χ0n) is 14.1. The van der Waals surface area contributed by atoms with E-state index in [2.05, 4.69) is 10.3 Å². The molecule has 1 fully saturated rings. The minimum atomic E-state index is -4.14. The number of hydrogen-bond acceptors (Lipinski definition) is 3. The Kier molecular flexibility index (Phi) is 3.71. The van der Waals surface area contributed by atoms with Crippen LogP contribution in [0.15, 0.2) is 18.2 Å². The highest BCUT2D eigenvalue weighted by Crippen LogP contribution is 2.43. The smallest absolute Gasteiger partial charge is 0.366 e. The second-order valence-electron chi connectivity index (χ2n) is 6.90. The van der Waals surface area contributed by atoms with Crippen molar-refractivity contribution in [3.63, 3.8) is 0 Å². The van der Waals surface area contributed by atoms with E-state index < -0.39 is 18.0 Å². The third-order valence-electron chi connectivity index (χ3n) is 5.35. The number of nitrogens with two attached hydrogens (primary N) is 1. The molecule has 0 saturated heterocycles. The van der Waals surface area contributed by atoms with Gasteiger partial charge in [-0.1, -0.05) is 5.21 Å². The standard InChI is InChI=1S/C17H18F3N5O/c1-24-16-14(22-23-24)12-8-9(15(21)26)2-7-13(12)25(16)11-5-3-10(4-6-11)17(18,19)20/h2,7-8,10-11H,3-6H2,1H3,(H2,21,26). The number of rotatable bonds is 2. The number of benzene rings is 1. The summed E-state index contributed by atoms with van der Waals surface area (Å²) < 4.78 is 42.6. The third-order valence-corrected chi connectivity index (χ3v) is 5.35. The second-order valence-corrected chi connectivity index (χ2v) is 6.90. The van der Waals surface area contributed by atoms with Gasteiger partial charge in [-0.2, -0.15) is 13.2 Å². The van der Waals surface area contributed by atoms with Crippen molar-refractivity contribution < 1.29 is 18.0 Å². The summed E-state index contributed by atoms with van der Waals surface area (Å²) in [6.07, 6.45) is -3.04. The summed E-state index contributed by atoms with van der Waals surface area (Å²) in [4.78, 5) is 11.5. The van der Waals surface area contributed by atoms with Crippen molar-refractivity contribution in [2.75, 3.05) is 0 Å². The molecular formula is C17H18F3N5O. The monoisotopic (exact) mass is 365 g/mol. The van der Waals surface area contributed by atoms with Crippen LogP contribution in [0, 0.1) is 5.92 Å². The first-order valence-corrected chi connectivity index (χ1v) is 8.47. The number of alkyl halides is 3. The Morgan fingerprint density at radius 2 is 1.92 bits per heavy atom. The number of hydrogen-bond donors (Lipinski definition) is 1. The average Bonchev–Trinajstić information content (AvgIpc) is 3.12. The highest BCUT2D eigenvalue weighted by Gasteiger charge is 2.42. The van der Waals surface area contributed by atoms with E-state index in [1.54, 1.807) is 29.9 Å². The van der Waals surface area contributed by atoms with Gasteiger partial charge in [0.2, 0.25) is 5.91 Å². The molecule has 138 valence electrons. The van der Waals surface area contributed by atoms with Crippen LogP contribution >= 0.6 is 0 Å². The summed E-state index contributed by atoms with van der Waals surface area (Å²) in [5.74, 6) is -1.77. The maximum Gasteiger partial charge on any atom is 0.391 e. The lowest BCUT2D eigenvalue weighted by Gasteiger charge is -2.31. The van der Waals surface area contributed by atoms with Crippen LogP contribution in [0.3, 0.4) is 0 Å². The number of aryl methyl sites for hydroxylation is 1. The molecule has 4 rings (SSSR count). The first kappa shape index (κ1) is 16.9. The van der Waals surface area contributed by atoms with Crippen molar-refractivity contribution in [1.82, 2.24) is 19.6 Å². The molecule has 0 bridgehead atoms. The molecule has 1 aromatic carbocycles. The predicted octanol–water partition coefficient (Wildman–Crippen LogP) is 3.32. The number of nitrogens with zero attached hydrogens (tertiary/aromatic N) is 4. The Balaban J connectivity index is 1.81. The zero-order valence-corrected chi connectivity index (χ0v) is 14.1. The summed E-state index contributed by atoms with van der Waals surface area (Å²) in [5.41, 5.74) is 7.94. The van der Waals surface area contributed by atoms with Crippen molar-refractivity contribution in [2.45, 2.75) is 37.9 Å². The van der Waals surface area contributed by atoms with Crippen molar-refractivity contribution in [2.24, 2.45) is 18.7 Å². The number of amides is 1. The van der Waals surface area contributed by atoms with Gasteiger partial charge in [0.25, 0.3) is 0 Å². The second kappa shape index (κ2) is 5.72. The van der Waals surface area contributed by atoms with Crippen molar-refractivity contribution >= 4 is 28.0 Å². The van der Waals surface area contributed by atoms with E-state index in [-0.39, 0.29) is 18.9 Å². The lowest BCUT2D eigenvalue weighted by molar-refractivity contribution is -0.183. The average molecular weight is 365 g/mol. The van der Waals surface area contributed by atoms with E-state index >= 15 is 0 Å². The molecule has 2 N–H and O–H groups in total. The summed E-state index contributed by atoms with van der Waals surface area (Å²) in [6, 6.07) is 5.03. The maximum atomic E-state index is 13.0. The lowest BCUT2D eigenvalue weighted by atomic mass is 9.85. The Morgan fingerprint density at radius 3 is 2.54 bits per heavy atom. The molecule has 0 radical (unpaired) electrons. The largest absolute Gasteiger partial charge is 0.391 e. The third kappa shape index (κ3) is 2.53. The Morgan fingerprint density at radius 1 is 1.23 bits per heavy atom. The molecule has 6 nitrogen and oxygen atoms in total. The van der Waals surface area contributed by atoms with Crippen LogP contribution in [-0.2, 0) is 7.05 Å². The van der Waals surface area contributed by atoms with Crippen molar-refractivity contribution in [3.8, 4) is 0 Å². The van der Waals surface area contributed by atoms with E-state index in [0.717, 1.165) is 16.6 Å². The van der Waals surface area contributed by atoms with E-state index in [1.807, 2.05) is 4.57 Å². The lowest BCUT2D eigenvalue weighted by Crippen LogP contribution is -2.28. The first-order chi connectivity index (χ1) is 12.3. The highest BCUT2D eigenvalue weighted by atomic mass is 19.4. The fourth-order valence-electron chi connectivity index (χ4n) is 4.03. The van der Waals surface area contributed by atoms with Gasteiger partial charge in [-0.05, 0) is 43.9 Å². The van der Waals surface area contributed by atoms with Gasteiger partial charge in [0.05, 0.1) is 11.4 Å². The van der Waals surface area contributed by atoms with Gasteiger partial charge in [-0.25, -0.2) is 4.68 Å². The maximum absolute atomic E-state index is 13.0. The van der Waals surface area contributed by atoms with Crippen molar-refractivity contribution in [3.05, 3.63) is 23.8 Å². The van der Waals surface area contributed by atoms with Crippen molar-refractivity contribution in [1.29, 1.82) is 0 Å². The van der Waals surface area contributed by atoms with E-state index in [1.165, 1.54) is 0 Å². The van der Waals surface area contributed by atoms with Crippen LogP contribution in [0.1, 0.15) is 42.1 Å². The summed E-state index contributed by atoms with van der Waals surface area (Å²) in [6.45, 7) is 0. The van der Waals surface area contributed by atoms with Gasteiger partial charge in [-0.15, -0.1) is 5.10 Å². The molecule has 1 aliphatic rings. The fourth-order valence-corrected chi connectivity index (χ4v) is 4.03. The molecule has 2 aromatic heterocycles. The van der Waals surface area contributed by atoms with Gasteiger partial charge in [-0.3, -0.25) is 4.79 Å². The minimum Gasteiger partial charge on any atom is -0.366 e. The van der Waals surface area contributed by atoms with Gasteiger partial charge in [0.15, 0.2) is 5.65 Å². The number of aromatic nitrogens is 4. The molecule has 2 heterocycles. The molecule has 0 atom stereocenters. The van der Waals surface area contributed by atoms with E-state index in [4.69, 9.17) is 5.73 Å². The molecule has 26 heavy (non-hydrogen) atoms. The number of carbonyl (C=O) groups excluding carboxylic acids is 1. The van der Waals surface area contributed by atoms with E-state index in [0.29, 0.717) is 23.9 Å². The quantitative estimate of drug-likeness (QED) is 0.757. The summed E-state index contributed by atoms with van der Waals surface area (Å²) in [7, 11) is 1.75. The van der Waals surface area contributed by atoms with Crippen LogP contribution in [0.25, 0.3) is 22.1 Å². The summed E-state index contributed by atoms with van der Waals surface area (Å²) >= 11 is 0.